The summed E-state index contributed by atoms with van der Waals surface area (Å²) in [4.78, 5) is 34.2. The van der Waals surface area contributed by atoms with Gasteiger partial charge in [0.25, 0.3) is 5.91 Å². The highest BCUT2D eigenvalue weighted by Gasteiger charge is 2.25. The van der Waals surface area contributed by atoms with Gasteiger partial charge in [-0.15, -0.1) is 0 Å². The van der Waals surface area contributed by atoms with Crippen LogP contribution < -0.4 is 4.90 Å². The molecule has 1 aliphatic heterocycles. The molecule has 172 valence electrons. The van der Waals surface area contributed by atoms with Crippen LogP contribution in [0.25, 0.3) is 22.2 Å². The second kappa shape index (κ2) is 9.02. The van der Waals surface area contributed by atoms with E-state index in [-0.39, 0.29) is 5.91 Å². The first-order valence-corrected chi connectivity index (χ1v) is 11.7. The van der Waals surface area contributed by atoms with Gasteiger partial charge in [-0.2, -0.15) is 0 Å². The number of nitrogens with one attached hydrogen (secondary N) is 1. The molecule has 0 atom stereocenters. The monoisotopic (exact) mass is 460 g/mol. The summed E-state index contributed by atoms with van der Waals surface area (Å²) < 4.78 is 0. The van der Waals surface area contributed by atoms with Crippen molar-refractivity contribution in [3.8, 4) is 11.1 Å². The molecule has 0 saturated heterocycles. The molecule has 3 heterocycles. The summed E-state index contributed by atoms with van der Waals surface area (Å²) in [5.41, 5.74) is 7.41. The molecule has 0 spiro atoms. The van der Waals surface area contributed by atoms with Gasteiger partial charge in [0.2, 0.25) is 0 Å². The number of aromatic amines is 1. The molecule has 0 saturated carbocycles. The molecule has 0 fully saturated rings. The van der Waals surface area contributed by atoms with E-state index in [2.05, 4.69) is 55.2 Å². The van der Waals surface area contributed by atoms with E-state index >= 15 is 0 Å². The number of carbonyl (C=O) groups is 1. The fraction of sp³-hybridized carbons (Fsp3) is 0.143. The van der Waals surface area contributed by atoms with E-state index in [9.17, 15) is 4.79 Å². The van der Waals surface area contributed by atoms with Crippen LogP contribution in [0, 0.1) is 0 Å². The van der Waals surface area contributed by atoms with Gasteiger partial charge in [-0.3, -0.25) is 9.78 Å². The zero-order chi connectivity index (χ0) is 23.6. The summed E-state index contributed by atoms with van der Waals surface area (Å²) in [6, 6.07) is 24.4. The molecule has 1 amide bonds. The first kappa shape index (κ1) is 21.0. The number of fused-ring (bicyclic) bond motifs is 2. The van der Waals surface area contributed by atoms with Crippen molar-refractivity contribution >= 4 is 22.6 Å². The summed E-state index contributed by atoms with van der Waals surface area (Å²) in [6.07, 6.45) is 5.12. The Morgan fingerprint density at radius 2 is 1.71 bits per heavy atom. The molecular weight excluding hydrogens is 436 g/mol. The van der Waals surface area contributed by atoms with E-state index in [0.717, 1.165) is 39.1 Å². The normalized spacial score (nSPS) is 13.5. The van der Waals surface area contributed by atoms with Gasteiger partial charge in [-0.1, -0.05) is 48.5 Å². The minimum atomic E-state index is -0.109. The lowest BCUT2D eigenvalue weighted by Gasteiger charge is -2.24. The second-order valence-electron chi connectivity index (χ2n) is 8.68. The predicted molar refractivity (Wildman–Crippen MR) is 136 cm³/mol. The summed E-state index contributed by atoms with van der Waals surface area (Å²) in [5.74, 6) is -0.109. The van der Waals surface area contributed by atoms with E-state index in [1.165, 1.54) is 0 Å². The molecule has 0 unspecified atom stereocenters. The van der Waals surface area contributed by atoms with Crippen LogP contribution in [-0.2, 0) is 13.1 Å². The molecule has 7 heteroatoms. The number of imidazole rings is 1. The van der Waals surface area contributed by atoms with Crippen molar-refractivity contribution in [1.29, 1.82) is 0 Å². The molecular formula is C28H24N6O. The highest BCUT2D eigenvalue weighted by atomic mass is 16.2. The van der Waals surface area contributed by atoms with Gasteiger partial charge in [0, 0.05) is 31.5 Å². The van der Waals surface area contributed by atoms with Crippen molar-refractivity contribution in [2.75, 3.05) is 18.0 Å². The zero-order valence-corrected chi connectivity index (χ0v) is 19.1. The number of amides is 1. The summed E-state index contributed by atoms with van der Waals surface area (Å²) in [5, 5.41) is 0. The van der Waals surface area contributed by atoms with E-state index in [1.54, 1.807) is 12.5 Å². The van der Waals surface area contributed by atoms with Gasteiger partial charge in [-0.25, -0.2) is 9.97 Å². The van der Waals surface area contributed by atoms with Crippen LogP contribution in [0.2, 0.25) is 0 Å². The van der Waals surface area contributed by atoms with Crippen molar-refractivity contribution in [2.45, 2.75) is 13.1 Å². The van der Waals surface area contributed by atoms with Gasteiger partial charge in [0.1, 0.15) is 5.69 Å². The SMILES string of the molecule is O=C(c1cnc2ccccc2n1)N1CCN(Cc2cnc[nH]2)c2ccc(-c3ccccc3)cc2C1. The van der Waals surface area contributed by atoms with Gasteiger partial charge < -0.3 is 14.8 Å². The molecule has 2 aromatic heterocycles. The Hall–Kier alpha value is -4.52. The third kappa shape index (κ3) is 4.24. The van der Waals surface area contributed by atoms with Gasteiger partial charge in [0.15, 0.2) is 0 Å². The number of carbonyl (C=O) groups excluding carboxylic acids is 1. The predicted octanol–water partition coefficient (Wildman–Crippen LogP) is 4.68. The first-order chi connectivity index (χ1) is 17.2. The molecule has 1 aliphatic rings. The molecule has 5 aromatic rings. The lowest BCUT2D eigenvalue weighted by Crippen LogP contribution is -2.35. The molecule has 6 rings (SSSR count). The molecule has 3 aromatic carbocycles. The van der Waals surface area contributed by atoms with E-state index in [1.807, 2.05) is 53.6 Å². The average molecular weight is 461 g/mol. The number of anilines is 1. The van der Waals surface area contributed by atoms with Crippen LogP contribution in [0.1, 0.15) is 21.7 Å². The van der Waals surface area contributed by atoms with Gasteiger partial charge in [0.05, 0.1) is 35.8 Å². The molecule has 0 aliphatic carbocycles. The zero-order valence-electron chi connectivity index (χ0n) is 19.1. The smallest absolute Gasteiger partial charge is 0.274 e. The lowest BCUT2D eigenvalue weighted by atomic mass is 10.0. The van der Waals surface area contributed by atoms with Crippen molar-refractivity contribution in [3.05, 3.63) is 108 Å². The van der Waals surface area contributed by atoms with Crippen LogP contribution in [0.5, 0.6) is 0 Å². The van der Waals surface area contributed by atoms with Gasteiger partial charge >= 0.3 is 0 Å². The van der Waals surface area contributed by atoms with Crippen molar-refractivity contribution in [3.63, 3.8) is 0 Å². The highest BCUT2D eigenvalue weighted by Crippen LogP contribution is 2.31. The Labute approximate surface area is 203 Å². The van der Waals surface area contributed by atoms with E-state index in [4.69, 9.17) is 0 Å². The number of nitrogens with zero attached hydrogens (tertiary/aromatic N) is 5. The fourth-order valence-electron chi connectivity index (χ4n) is 4.61. The Bertz CT molecular complexity index is 1480. The Balaban J connectivity index is 1.36. The summed E-state index contributed by atoms with van der Waals surface area (Å²) in [7, 11) is 0. The number of hydrogen-bond donors (Lipinski definition) is 1. The summed E-state index contributed by atoms with van der Waals surface area (Å²) >= 11 is 0. The van der Waals surface area contributed by atoms with Crippen LogP contribution in [0.4, 0.5) is 5.69 Å². The molecule has 0 bridgehead atoms. The quantitative estimate of drug-likeness (QED) is 0.421. The van der Waals surface area contributed by atoms with Crippen LogP contribution in [0.15, 0.2) is 91.5 Å². The molecule has 7 nitrogen and oxygen atoms in total. The maximum Gasteiger partial charge on any atom is 0.274 e. The first-order valence-electron chi connectivity index (χ1n) is 11.7. The minimum absolute atomic E-state index is 0.109. The van der Waals surface area contributed by atoms with Crippen LogP contribution in [0.3, 0.4) is 0 Å². The van der Waals surface area contributed by atoms with Crippen LogP contribution in [-0.4, -0.2) is 43.8 Å². The fourth-order valence-corrected chi connectivity index (χ4v) is 4.61. The second-order valence-corrected chi connectivity index (χ2v) is 8.68. The van der Waals surface area contributed by atoms with Crippen molar-refractivity contribution in [1.82, 2.24) is 24.8 Å². The summed E-state index contributed by atoms with van der Waals surface area (Å²) in [6.45, 7) is 2.47. The number of hydrogen-bond acceptors (Lipinski definition) is 5. The maximum atomic E-state index is 13.6. The van der Waals surface area contributed by atoms with E-state index in [0.29, 0.717) is 31.9 Å². The number of aromatic nitrogens is 4. The largest absolute Gasteiger partial charge is 0.364 e. The number of benzene rings is 3. The number of H-pyrrole nitrogens is 1. The average Bonchev–Trinajstić information content (AvgIpc) is 3.36. The number of para-hydroxylation sites is 2. The van der Waals surface area contributed by atoms with E-state index < -0.39 is 0 Å². The lowest BCUT2D eigenvalue weighted by molar-refractivity contribution is 0.0745. The minimum Gasteiger partial charge on any atom is -0.364 e. The molecule has 1 N–H and O–H groups in total. The van der Waals surface area contributed by atoms with Gasteiger partial charge in [-0.05, 0) is 41.0 Å². The third-order valence-corrected chi connectivity index (χ3v) is 6.40. The Morgan fingerprint density at radius 3 is 2.54 bits per heavy atom. The van der Waals surface area contributed by atoms with Crippen LogP contribution >= 0.6 is 0 Å². The maximum absolute atomic E-state index is 13.6. The highest BCUT2D eigenvalue weighted by molar-refractivity contribution is 5.94. The van der Waals surface area contributed by atoms with Crippen molar-refractivity contribution < 1.29 is 4.79 Å². The number of rotatable bonds is 4. The Kier molecular flexibility index (Phi) is 5.42. The molecule has 35 heavy (non-hydrogen) atoms. The Morgan fingerprint density at radius 1 is 0.886 bits per heavy atom. The topological polar surface area (TPSA) is 78.0 Å². The third-order valence-electron chi connectivity index (χ3n) is 6.40. The molecule has 0 radical (unpaired) electrons. The van der Waals surface area contributed by atoms with Crippen molar-refractivity contribution in [2.24, 2.45) is 0 Å². The standard InChI is InChI=1S/C28H24N6O/c35-28(26-16-30-24-8-4-5-9-25(24)32-26)34-13-12-33(18-23-15-29-19-31-23)27-11-10-21(14-22(27)17-34)20-6-2-1-3-7-20/h1-11,14-16,19H,12-13,17-18H2,(H,29,31).